The second-order valence-electron chi connectivity index (χ2n) is 6.61. The number of aryl methyl sites for hydroxylation is 1. The van der Waals surface area contributed by atoms with Crippen molar-refractivity contribution in [2.24, 2.45) is 0 Å². The second-order valence-corrected chi connectivity index (χ2v) is 6.61. The van der Waals surface area contributed by atoms with Crippen LogP contribution in [0.2, 0.25) is 0 Å². The Hall–Kier alpha value is -1.60. The lowest BCUT2D eigenvalue weighted by molar-refractivity contribution is -0.278. The Bertz CT molecular complexity index is 791. The van der Waals surface area contributed by atoms with E-state index >= 15 is 0 Å². The first-order chi connectivity index (χ1) is 11.6. The Labute approximate surface area is 140 Å². The SMILES string of the molecule is Cc1cn([C@@H]2O[C@@]3(CO)[C@@H](O)[C@H](O)[C@H](O)C[C@]3(O)[C@H]2O)c(=O)[nH]c1=O. The van der Waals surface area contributed by atoms with Crippen molar-refractivity contribution in [2.75, 3.05) is 6.61 Å². The van der Waals surface area contributed by atoms with E-state index in [1.54, 1.807) is 0 Å². The molecule has 0 unspecified atom stereocenters. The Kier molecular flexibility index (Phi) is 4.15. The van der Waals surface area contributed by atoms with E-state index in [1.165, 1.54) is 6.92 Å². The molecule has 3 rings (SSSR count). The highest BCUT2D eigenvalue weighted by Gasteiger charge is 2.72. The summed E-state index contributed by atoms with van der Waals surface area (Å²) in [5.41, 5.74) is -6.05. The molecule has 7 atom stereocenters. The predicted molar refractivity (Wildman–Crippen MR) is 79.6 cm³/mol. The van der Waals surface area contributed by atoms with Crippen LogP contribution in [-0.2, 0) is 4.74 Å². The lowest BCUT2D eigenvalue weighted by Crippen LogP contribution is -2.73. The summed E-state index contributed by atoms with van der Waals surface area (Å²) in [4.78, 5) is 25.6. The highest BCUT2D eigenvalue weighted by molar-refractivity contribution is 5.21. The molecule has 1 aliphatic heterocycles. The zero-order valence-electron chi connectivity index (χ0n) is 13.2. The third kappa shape index (κ3) is 2.25. The summed E-state index contributed by atoms with van der Waals surface area (Å²) in [5, 5.41) is 61.2. The van der Waals surface area contributed by atoms with Gasteiger partial charge in [-0.05, 0) is 6.92 Å². The summed E-state index contributed by atoms with van der Waals surface area (Å²) in [6.45, 7) is 0.404. The van der Waals surface area contributed by atoms with Gasteiger partial charge < -0.3 is 35.4 Å². The van der Waals surface area contributed by atoms with Crippen molar-refractivity contribution in [3.63, 3.8) is 0 Å². The molecule has 0 bridgehead atoms. The number of hydrogen-bond donors (Lipinski definition) is 7. The van der Waals surface area contributed by atoms with Gasteiger partial charge in [0.25, 0.3) is 5.56 Å². The number of aliphatic hydroxyl groups is 6. The molecule has 25 heavy (non-hydrogen) atoms. The van der Waals surface area contributed by atoms with Crippen LogP contribution in [0.5, 0.6) is 0 Å². The number of ether oxygens (including phenoxy) is 1. The van der Waals surface area contributed by atoms with Crippen LogP contribution in [0.25, 0.3) is 0 Å². The molecule has 1 saturated heterocycles. The molecule has 0 radical (unpaired) electrons. The number of fused-ring (bicyclic) bond motifs is 1. The minimum Gasteiger partial charge on any atom is -0.393 e. The molecule has 0 aromatic carbocycles. The fraction of sp³-hybridized carbons (Fsp3) is 0.714. The number of aromatic amines is 1. The number of aliphatic hydroxyl groups excluding tert-OH is 5. The molecule has 11 nitrogen and oxygen atoms in total. The van der Waals surface area contributed by atoms with Crippen LogP contribution in [0.15, 0.2) is 15.8 Å². The van der Waals surface area contributed by atoms with Crippen LogP contribution in [0, 0.1) is 6.92 Å². The molecular weight excluding hydrogens is 340 g/mol. The first-order valence-corrected chi connectivity index (χ1v) is 7.64. The molecule has 11 heteroatoms. The highest BCUT2D eigenvalue weighted by atomic mass is 16.6. The third-order valence-electron chi connectivity index (χ3n) is 5.19. The number of nitrogens with zero attached hydrogens (tertiary/aromatic N) is 1. The van der Waals surface area contributed by atoms with Gasteiger partial charge in [-0.1, -0.05) is 0 Å². The van der Waals surface area contributed by atoms with Gasteiger partial charge >= 0.3 is 5.69 Å². The minimum absolute atomic E-state index is 0.121. The topological polar surface area (TPSA) is 185 Å². The van der Waals surface area contributed by atoms with Gasteiger partial charge in [-0.15, -0.1) is 0 Å². The van der Waals surface area contributed by atoms with Crippen molar-refractivity contribution in [3.05, 3.63) is 32.6 Å². The van der Waals surface area contributed by atoms with E-state index in [1.807, 2.05) is 4.98 Å². The Morgan fingerprint density at radius 3 is 2.52 bits per heavy atom. The van der Waals surface area contributed by atoms with Crippen molar-refractivity contribution in [1.82, 2.24) is 9.55 Å². The van der Waals surface area contributed by atoms with Crippen LogP contribution < -0.4 is 11.2 Å². The van der Waals surface area contributed by atoms with Gasteiger partial charge in [0.1, 0.15) is 23.9 Å². The van der Waals surface area contributed by atoms with Gasteiger partial charge in [-0.3, -0.25) is 14.3 Å². The molecule has 2 aliphatic rings. The van der Waals surface area contributed by atoms with Gasteiger partial charge in [-0.2, -0.15) is 0 Å². The summed E-state index contributed by atoms with van der Waals surface area (Å²) in [7, 11) is 0. The molecule has 0 spiro atoms. The zero-order chi connectivity index (χ0) is 18.7. The monoisotopic (exact) mass is 360 g/mol. The van der Waals surface area contributed by atoms with Gasteiger partial charge in [-0.25, -0.2) is 4.79 Å². The molecule has 7 N–H and O–H groups in total. The third-order valence-corrected chi connectivity index (χ3v) is 5.19. The van der Waals surface area contributed by atoms with Crippen LogP contribution in [0.3, 0.4) is 0 Å². The van der Waals surface area contributed by atoms with E-state index in [0.717, 1.165) is 10.8 Å². The molecule has 0 amide bonds. The van der Waals surface area contributed by atoms with E-state index in [9.17, 15) is 40.2 Å². The van der Waals surface area contributed by atoms with Gasteiger partial charge in [0.2, 0.25) is 0 Å². The number of aromatic nitrogens is 2. The van der Waals surface area contributed by atoms with E-state index < -0.39 is 66.1 Å². The van der Waals surface area contributed by atoms with Crippen LogP contribution >= 0.6 is 0 Å². The zero-order valence-corrected chi connectivity index (χ0v) is 13.2. The average molecular weight is 360 g/mol. The summed E-state index contributed by atoms with van der Waals surface area (Å²) in [6, 6.07) is 0. The molecular formula is C14H20N2O9. The van der Waals surface area contributed by atoms with Crippen molar-refractivity contribution in [2.45, 2.75) is 55.2 Å². The maximum atomic E-state index is 12.0. The van der Waals surface area contributed by atoms with Crippen LogP contribution in [0.4, 0.5) is 0 Å². The van der Waals surface area contributed by atoms with Gasteiger partial charge in [0.05, 0.1) is 12.7 Å². The number of nitrogens with one attached hydrogen (secondary N) is 1. The van der Waals surface area contributed by atoms with Gasteiger partial charge in [0.15, 0.2) is 11.8 Å². The maximum Gasteiger partial charge on any atom is 0.330 e. The predicted octanol–water partition coefficient (Wildman–Crippen LogP) is -4.32. The minimum atomic E-state index is -2.35. The molecule has 2 heterocycles. The highest BCUT2D eigenvalue weighted by Crippen LogP contribution is 2.52. The Balaban J connectivity index is 2.14. The number of rotatable bonds is 2. The summed E-state index contributed by atoms with van der Waals surface area (Å²) in [6.07, 6.45) is -8.21. The lowest BCUT2D eigenvalue weighted by atomic mass is 9.66. The first kappa shape index (κ1) is 18.2. The summed E-state index contributed by atoms with van der Waals surface area (Å²) in [5.74, 6) is 0. The van der Waals surface area contributed by atoms with Crippen LogP contribution in [0.1, 0.15) is 18.2 Å². The molecule has 1 aromatic heterocycles. The first-order valence-electron chi connectivity index (χ1n) is 7.64. The lowest BCUT2D eigenvalue weighted by Gasteiger charge is -2.50. The van der Waals surface area contributed by atoms with Crippen molar-refractivity contribution >= 4 is 0 Å². The fourth-order valence-corrected chi connectivity index (χ4v) is 3.67. The summed E-state index contributed by atoms with van der Waals surface area (Å²) >= 11 is 0. The smallest absolute Gasteiger partial charge is 0.330 e. The van der Waals surface area contributed by atoms with Crippen molar-refractivity contribution in [3.8, 4) is 0 Å². The standard InChI is InChI=1S/C14H20N2O9/c1-5-3-16(12(23)15-10(5)22)11-9(21)13(24)2-6(18)7(19)8(20)14(13,4-17)25-11/h3,6-9,11,17-21,24H,2,4H2,1H3,(H,15,22,23)/t6-,7-,8+,9+,11-,13+,14+/m1/s1. The molecule has 1 aliphatic carbocycles. The Morgan fingerprint density at radius 2 is 1.92 bits per heavy atom. The number of hydrogen-bond acceptors (Lipinski definition) is 9. The van der Waals surface area contributed by atoms with E-state index in [0.29, 0.717) is 0 Å². The molecule has 140 valence electrons. The quantitative estimate of drug-likeness (QED) is 0.274. The maximum absolute atomic E-state index is 12.0. The normalized spacial score (nSPS) is 43.9. The van der Waals surface area contributed by atoms with E-state index in [2.05, 4.69) is 0 Å². The second kappa shape index (κ2) is 5.71. The molecule has 2 fully saturated rings. The Morgan fingerprint density at radius 1 is 1.28 bits per heavy atom. The molecule has 1 saturated carbocycles. The number of H-pyrrole nitrogens is 1. The average Bonchev–Trinajstić information content (AvgIpc) is 2.78. The largest absolute Gasteiger partial charge is 0.393 e. The fourth-order valence-electron chi connectivity index (χ4n) is 3.67. The van der Waals surface area contributed by atoms with Gasteiger partial charge in [0, 0.05) is 18.2 Å². The van der Waals surface area contributed by atoms with Crippen molar-refractivity contribution < 1.29 is 35.4 Å². The van der Waals surface area contributed by atoms with E-state index in [4.69, 9.17) is 4.74 Å². The summed E-state index contributed by atoms with van der Waals surface area (Å²) < 4.78 is 6.29. The van der Waals surface area contributed by atoms with Crippen LogP contribution in [-0.4, -0.2) is 82.4 Å². The van der Waals surface area contributed by atoms with Crippen molar-refractivity contribution in [1.29, 1.82) is 0 Å². The molecule has 1 aromatic rings. The van der Waals surface area contributed by atoms with E-state index in [-0.39, 0.29) is 5.56 Å².